The molecule has 0 spiro atoms. The Morgan fingerprint density at radius 2 is 2.06 bits per heavy atom. The summed E-state index contributed by atoms with van der Waals surface area (Å²) in [5.74, 6) is 0. The Labute approximate surface area is 105 Å². The summed E-state index contributed by atoms with van der Waals surface area (Å²) in [7, 11) is -3.89. The number of nitrogens with zero attached hydrogens (tertiary/aromatic N) is 3. The van der Waals surface area contributed by atoms with Crippen molar-refractivity contribution in [2.24, 2.45) is 5.11 Å². The zero-order chi connectivity index (χ0) is 13.6. The Bertz CT molecular complexity index is 535. The lowest BCUT2D eigenvalue weighted by atomic mass is 10.2. The molecule has 7 nitrogen and oxygen atoms in total. The molecule has 0 saturated carbocycles. The molecule has 0 bridgehead atoms. The molecule has 1 rings (SSSR count). The molecule has 8 heteroatoms. The molecule has 0 fully saturated rings. The van der Waals surface area contributed by atoms with E-state index in [1.807, 2.05) is 6.92 Å². The summed E-state index contributed by atoms with van der Waals surface area (Å²) >= 11 is 0. The lowest BCUT2D eigenvalue weighted by Gasteiger charge is -2.09. The van der Waals surface area contributed by atoms with Crippen LogP contribution in [0.1, 0.15) is 5.56 Å². The third-order valence-corrected chi connectivity index (χ3v) is 3.38. The van der Waals surface area contributed by atoms with E-state index in [1.165, 1.54) is 12.1 Å². The van der Waals surface area contributed by atoms with Crippen molar-refractivity contribution in [3.63, 3.8) is 0 Å². The third kappa shape index (κ3) is 4.34. The minimum absolute atomic E-state index is 0.0177. The second kappa shape index (κ2) is 6.36. The minimum atomic E-state index is -3.89. The van der Waals surface area contributed by atoms with E-state index in [4.69, 9.17) is 5.53 Å². The predicted octanol–water partition coefficient (Wildman–Crippen LogP) is 1.37. The summed E-state index contributed by atoms with van der Waals surface area (Å²) in [6, 6.07) is 6.13. The maximum Gasteiger partial charge on any atom is 0.297 e. The number of aliphatic hydroxyl groups excluding tert-OH is 1. The summed E-state index contributed by atoms with van der Waals surface area (Å²) in [6.45, 7) is 1.15. The number of hydrogen-bond donors (Lipinski definition) is 1. The van der Waals surface area contributed by atoms with Crippen LogP contribution >= 0.6 is 0 Å². The van der Waals surface area contributed by atoms with Crippen molar-refractivity contribution in [3.8, 4) is 0 Å². The molecule has 1 N–H and O–H groups in total. The fraction of sp³-hybridized carbons (Fsp3) is 0.400. The number of azide groups is 1. The average Bonchev–Trinajstić information content (AvgIpc) is 2.34. The van der Waals surface area contributed by atoms with Gasteiger partial charge in [-0.3, -0.25) is 4.18 Å². The number of rotatable bonds is 6. The first-order valence-electron chi connectivity index (χ1n) is 5.11. The molecule has 0 aliphatic carbocycles. The standard InChI is InChI=1S/C10H13N3O4S/c1-8-2-4-10(5-3-8)18(15,16)17-7-9(14)6-12-13-11/h2-5,9,14H,6-7H2,1H3. The summed E-state index contributed by atoms with van der Waals surface area (Å²) < 4.78 is 28.0. The van der Waals surface area contributed by atoms with Gasteiger partial charge in [0.15, 0.2) is 0 Å². The second-order valence-corrected chi connectivity index (χ2v) is 5.23. The van der Waals surface area contributed by atoms with Crippen LogP contribution < -0.4 is 0 Å². The zero-order valence-corrected chi connectivity index (χ0v) is 10.5. The van der Waals surface area contributed by atoms with Crippen LogP contribution in [0.15, 0.2) is 34.3 Å². The Hall–Kier alpha value is -1.60. The van der Waals surface area contributed by atoms with Crippen LogP contribution in [0.5, 0.6) is 0 Å². The molecule has 1 atom stereocenters. The number of aryl methyl sites for hydroxylation is 1. The monoisotopic (exact) mass is 271 g/mol. The predicted molar refractivity (Wildman–Crippen MR) is 64.3 cm³/mol. The van der Waals surface area contributed by atoms with Crippen molar-refractivity contribution in [2.45, 2.75) is 17.9 Å². The average molecular weight is 271 g/mol. The molecule has 1 aromatic rings. The summed E-state index contributed by atoms with van der Waals surface area (Å²) in [6.07, 6.45) is -1.15. The van der Waals surface area contributed by atoms with Gasteiger partial charge in [-0.2, -0.15) is 8.42 Å². The fourth-order valence-electron chi connectivity index (χ4n) is 1.12. The van der Waals surface area contributed by atoms with Crippen molar-refractivity contribution in [1.82, 2.24) is 0 Å². The van der Waals surface area contributed by atoms with Gasteiger partial charge in [-0.1, -0.05) is 22.8 Å². The number of hydrogen-bond acceptors (Lipinski definition) is 5. The highest BCUT2D eigenvalue weighted by molar-refractivity contribution is 7.86. The Morgan fingerprint density at radius 3 is 2.61 bits per heavy atom. The van der Waals surface area contributed by atoms with Gasteiger partial charge in [0, 0.05) is 4.91 Å². The van der Waals surface area contributed by atoms with Gasteiger partial charge >= 0.3 is 0 Å². The molecule has 0 aliphatic heterocycles. The van der Waals surface area contributed by atoms with E-state index in [0.29, 0.717) is 0 Å². The normalized spacial score (nSPS) is 12.8. The highest BCUT2D eigenvalue weighted by Gasteiger charge is 2.16. The molecule has 98 valence electrons. The van der Waals surface area contributed by atoms with Crippen LogP contribution in [0.25, 0.3) is 10.4 Å². The van der Waals surface area contributed by atoms with Crippen LogP contribution in [0.4, 0.5) is 0 Å². The largest absolute Gasteiger partial charge is 0.391 e. The van der Waals surface area contributed by atoms with Gasteiger partial charge < -0.3 is 5.11 Å². The molecule has 0 saturated heterocycles. The van der Waals surface area contributed by atoms with E-state index in [-0.39, 0.29) is 11.4 Å². The third-order valence-electron chi connectivity index (χ3n) is 2.08. The molecule has 18 heavy (non-hydrogen) atoms. The highest BCUT2D eigenvalue weighted by atomic mass is 32.2. The first-order valence-corrected chi connectivity index (χ1v) is 6.51. The summed E-state index contributed by atoms with van der Waals surface area (Å²) in [4.78, 5) is 2.47. The molecule has 1 unspecified atom stereocenters. The van der Waals surface area contributed by atoms with Gasteiger partial charge in [-0.25, -0.2) is 0 Å². The molecular formula is C10H13N3O4S. The number of benzene rings is 1. The summed E-state index contributed by atoms with van der Waals surface area (Å²) in [5, 5.41) is 12.4. The van der Waals surface area contributed by atoms with Crippen molar-refractivity contribution in [1.29, 1.82) is 0 Å². The Morgan fingerprint density at radius 1 is 1.44 bits per heavy atom. The van der Waals surface area contributed by atoms with Gasteiger partial charge in [-0.05, 0) is 24.6 Å². The molecule has 1 aromatic carbocycles. The topological polar surface area (TPSA) is 112 Å². The Balaban J connectivity index is 2.65. The van der Waals surface area contributed by atoms with E-state index < -0.39 is 22.8 Å². The second-order valence-electron chi connectivity index (χ2n) is 3.62. The maximum atomic E-state index is 11.7. The van der Waals surface area contributed by atoms with Crippen LogP contribution in [0, 0.1) is 6.92 Å². The van der Waals surface area contributed by atoms with Crippen molar-refractivity contribution in [2.75, 3.05) is 13.2 Å². The molecular weight excluding hydrogens is 258 g/mol. The Kier molecular flexibility index (Phi) is 5.11. The molecule has 0 aliphatic rings. The molecule has 0 heterocycles. The quantitative estimate of drug-likeness (QED) is 0.364. The zero-order valence-electron chi connectivity index (χ0n) is 9.72. The first-order chi connectivity index (χ1) is 8.45. The van der Waals surface area contributed by atoms with E-state index in [0.717, 1.165) is 5.56 Å². The molecule has 0 amide bonds. The maximum absolute atomic E-state index is 11.7. The fourth-order valence-corrected chi connectivity index (χ4v) is 2.07. The van der Waals surface area contributed by atoms with Crippen LogP contribution in [0.3, 0.4) is 0 Å². The van der Waals surface area contributed by atoms with Crippen molar-refractivity contribution in [3.05, 3.63) is 40.3 Å². The van der Waals surface area contributed by atoms with E-state index >= 15 is 0 Å². The first kappa shape index (κ1) is 14.5. The van der Waals surface area contributed by atoms with Crippen molar-refractivity contribution >= 4 is 10.1 Å². The van der Waals surface area contributed by atoms with Gasteiger partial charge in [0.1, 0.15) is 0 Å². The van der Waals surface area contributed by atoms with E-state index in [1.54, 1.807) is 12.1 Å². The SMILES string of the molecule is Cc1ccc(S(=O)(=O)OCC(O)CN=[N+]=[N-])cc1. The lowest BCUT2D eigenvalue weighted by Crippen LogP contribution is -2.21. The number of aliphatic hydroxyl groups is 1. The van der Waals surface area contributed by atoms with E-state index in [2.05, 4.69) is 14.2 Å². The van der Waals surface area contributed by atoms with Gasteiger partial charge in [-0.15, -0.1) is 0 Å². The highest BCUT2D eigenvalue weighted by Crippen LogP contribution is 2.13. The minimum Gasteiger partial charge on any atom is -0.391 e. The summed E-state index contributed by atoms with van der Waals surface area (Å²) in [5.41, 5.74) is 8.96. The smallest absolute Gasteiger partial charge is 0.297 e. The van der Waals surface area contributed by atoms with Gasteiger partial charge in [0.25, 0.3) is 10.1 Å². The lowest BCUT2D eigenvalue weighted by molar-refractivity contribution is 0.117. The van der Waals surface area contributed by atoms with Crippen molar-refractivity contribution < 1.29 is 17.7 Å². The van der Waals surface area contributed by atoms with Gasteiger partial charge in [0.2, 0.25) is 0 Å². The van der Waals surface area contributed by atoms with Gasteiger partial charge in [0.05, 0.1) is 24.2 Å². The van der Waals surface area contributed by atoms with Crippen LogP contribution in [-0.2, 0) is 14.3 Å². The van der Waals surface area contributed by atoms with Crippen LogP contribution in [-0.4, -0.2) is 32.8 Å². The van der Waals surface area contributed by atoms with Crippen LogP contribution in [0.2, 0.25) is 0 Å². The molecule has 0 radical (unpaired) electrons. The molecule has 0 aromatic heterocycles. The van der Waals surface area contributed by atoms with E-state index in [9.17, 15) is 13.5 Å².